The van der Waals surface area contributed by atoms with Gasteiger partial charge in [0.2, 0.25) is 0 Å². The van der Waals surface area contributed by atoms with Gasteiger partial charge in [0.05, 0.1) is 12.2 Å². The molecular weight excluding hydrogens is 537 g/mol. The molecule has 0 radical (unpaired) electrons. The van der Waals surface area contributed by atoms with Gasteiger partial charge in [0.15, 0.2) is 0 Å². The van der Waals surface area contributed by atoms with E-state index in [1.165, 1.54) is 17.7 Å². The standard InChI is InChI=1S/C31H31F3N2O5/c1-19-18-36(30(39)35-25-11-13-26(14-12-25)41-31(32,33)34)27-15-10-24(17-28(27)40-19)23-8-6-22(7-9-23)21-4-2-20(3-5-21)16-29(37)38/h6-15,17,19-21H,2-5,16,18H2,1H3,(H,35,39)(H,37,38)/t19?,20-,21-. The van der Waals surface area contributed by atoms with Gasteiger partial charge in [-0.1, -0.05) is 30.3 Å². The Kier molecular flexibility index (Phi) is 8.10. The molecule has 2 aliphatic rings. The molecule has 3 aromatic rings. The third kappa shape index (κ3) is 7.11. The zero-order valence-electron chi connectivity index (χ0n) is 22.5. The highest BCUT2D eigenvalue weighted by molar-refractivity contribution is 6.03. The number of benzene rings is 3. The van der Waals surface area contributed by atoms with Crippen LogP contribution in [0.5, 0.6) is 11.5 Å². The van der Waals surface area contributed by atoms with Crippen molar-refractivity contribution in [1.29, 1.82) is 0 Å². The van der Waals surface area contributed by atoms with Crippen molar-refractivity contribution in [3.05, 3.63) is 72.3 Å². The van der Waals surface area contributed by atoms with Crippen molar-refractivity contribution in [3.8, 4) is 22.6 Å². The van der Waals surface area contributed by atoms with Crippen LogP contribution in [0.1, 0.15) is 50.5 Å². The Morgan fingerprint density at radius 2 is 1.63 bits per heavy atom. The molecule has 7 nitrogen and oxygen atoms in total. The molecule has 2 N–H and O–H groups in total. The lowest BCUT2D eigenvalue weighted by atomic mass is 9.77. The third-order valence-electron chi connectivity index (χ3n) is 7.63. The highest BCUT2D eigenvalue weighted by Gasteiger charge is 2.31. The number of alkyl halides is 3. The molecule has 1 aliphatic heterocycles. The molecule has 216 valence electrons. The van der Waals surface area contributed by atoms with E-state index < -0.39 is 18.4 Å². The maximum atomic E-state index is 13.1. The number of carbonyl (C=O) groups is 2. The van der Waals surface area contributed by atoms with Crippen LogP contribution >= 0.6 is 0 Å². The first-order chi connectivity index (χ1) is 19.5. The van der Waals surface area contributed by atoms with Gasteiger partial charge in [-0.05, 0) is 97.5 Å². The Morgan fingerprint density at radius 1 is 0.976 bits per heavy atom. The number of hydrogen-bond donors (Lipinski definition) is 2. The number of carbonyl (C=O) groups excluding carboxylic acids is 1. The largest absolute Gasteiger partial charge is 0.573 e. The van der Waals surface area contributed by atoms with Crippen LogP contribution in [-0.2, 0) is 4.79 Å². The van der Waals surface area contributed by atoms with E-state index in [2.05, 4.69) is 34.3 Å². The Hall–Kier alpha value is -4.21. The number of anilines is 2. The van der Waals surface area contributed by atoms with Crippen molar-refractivity contribution in [2.75, 3.05) is 16.8 Å². The number of carboxylic acids is 1. The Balaban J connectivity index is 1.26. The van der Waals surface area contributed by atoms with E-state index in [1.807, 2.05) is 25.1 Å². The van der Waals surface area contributed by atoms with Crippen molar-refractivity contribution < 1.29 is 37.3 Å². The number of aliphatic carboxylic acids is 1. The van der Waals surface area contributed by atoms with Crippen LogP contribution in [-0.4, -0.2) is 36.1 Å². The molecule has 0 spiro atoms. The van der Waals surface area contributed by atoms with Crippen LogP contribution < -0.4 is 19.7 Å². The minimum absolute atomic E-state index is 0.248. The second-order valence-electron chi connectivity index (χ2n) is 10.7. The van der Waals surface area contributed by atoms with Crippen molar-refractivity contribution in [1.82, 2.24) is 0 Å². The highest BCUT2D eigenvalue weighted by Crippen LogP contribution is 2.40. The molecule has 41 heavy (non-hydrogen) atoms. The summed E-state index contributed by atoms with van der Waals surface area (Å²) in [4.78, 5) is 25.7. The van der Waals surface area contributed by atoms with Crippen LogP contribution in [0.3, 0.4) is 0 Å². The average Bonchev–Trinajstić information content (AvgIpc) is 2.93. The van der Waals surface area contributed by atoms with Gasteiger partial charge >= 0.3 is 18.4 Å². The van der Waals surface area contributed by atoms with Gasteiger partial charge in [0.25, 0.3) is 0 Å². The van der Waals surface area contributed by atoms with E-state index in [-0.39, 0.29) is 24.2 Å². The molecule has 1 saturated carbocycles. The number of fused-ring (bicyclic) bond motifs is 1. The van der Waals surface area contributed by atoms with Gasteiger partial charge in [-0.15, -0.1) is 13.2 Å². The molecule has 0 bridgehead atoms. The van der Waals surface area contributed by atoms with Gasteiger partial charge in [0, 0.05) is 12.1 Å². The maximum Gasteiger partial charge on any atom is 0.573 e. The third-order valence-corrected chi connectivity index (χ3v) is 7.63. The summed E-state index contributed by atoms with van der Waals surface area (Å²) in [5.74, 6) is 0.164. The van der Waals surface area contributed by atoms with E-state index in [4.69, 9.17) is 9.84 Å². The second-order valence-corrected chi connectivity index (χ2v) is 10.7. The monoisotopic (exact) mass is 568 g/mol. The predicted octanol–water partition coefficient (Wildman–Crippen LogP) is 7.82. The molecule has 1 unspecified atom stereocenters. The number of amides is 2. The summed E-state index contributed by atoms with van der Waals surface area (Å²) in [6.45, 7) is 2.16. The fourth-order valence-corrected chi connectivity index (χ4v) is 5.64. The predicted molar refractivity (Wildman–Crippen MR) is 148 cm³/mol. The molecule has 1 aliphatic carbocycles. The summed E-state index contributed by atoms with van der Waals surface area (Å²) in [5, 5.41) is 11.8. The average molecular weight is 569 g/mol. The lowest BCUT2D eigenvalue weighted by Crippen LogP contribution is -2.44. The van der Waals surface area contributed by atoms with Crippen LogP contribution in [0.25, 0.3) is 11.1 Å². The topological polar surface area (TPSA) is 88.1 Å². The quantitative estimate of drug-likeness (QED) is 0.317. The first-order valence-electron chi connectivity index (χ1n) is 13.6. The maximum absolute atomic E-state index is 13.1. The summed E-state index contributed by atoms with van der Waals surface area (Å²) in [6, 6.07) is 18.6. The van der Waals surface area contributed by atoms with Crippen molar-refractivity contribution in [2.45, 2.75) is 57.4 Å². The Bertz CT molecular complexity index is 1380. The van der Waals surface area contributed by atoms with Crippen LogP contribution in [0.15, 0.2) is 66.7 Å². The van der Waals surface area contributed by atoms with E-state index in [0.717, 1.165) is 48.9 Å². The van der Waals surface area contributed by atoms with Gasteiger partial charge in [-0.2, -0.15) is 0 Å². The van der Waals surface area contributed by atoms with Crippen LogP contribution in [0.4, 0.5) is 29.3 Å². The summed E-state index contributed by atoms with van der Waals surface area (Å²) >= 11 is 0. The number of hydrogen-bond acceptors (Lipinski definition) is 4. The van der Waals surface area contributed by atoms with E-state index in [0.29, 0.717) is 29.6 Å². The van der Waals surface area contributed by atoms with Crippen LogP contribution in [0, 0.1) is 5.92 Å². The number of ether oxygens (including phenoxy) is 2. The SMILES string of the molecule is CC1CN(C(=O)Nc2ccc(OC(F)(F)F)cc2)c2ccc(-c3ccc([C@H]4CC[C@H](CC(=O)O)CC4)cc3)cc2O1. The van der Waals surface area contributed by atoms with Crippen molar-refractivity contribution in [3.63, 3.8) is 0 Å². The summed E-state index contributed by atoms with van der Waals surface area (Å²) in [6.07, 6.45) is -0.968. The first kappa shape index (κ1) is 28.3. The molecule has 2 amide bonds. The van der Waals surface area contributed by atoms with E-state index >= 15 is 0 Å². The lowest BCUT2D eigenvalue weighted by Gasteiger charge is -2.33. The van der Waals surface area contributed by atoms with Crippen molar-refractivity contribution in [2.24, 2.45) is 5.92 Å². The van der Waals surface area contributed by atoms with Gasteiger partial charge < -0.3 is 19.9 Å². The molecule has 1 fully saturated rings. The Morgan fingerprint density at radius 3 is 2.27 bits per heavy atom. The number of nitrogens with one attached hydrogen (secondary N) is 1. The molecule has 0 aromatic heterocycles. The highest BCUT2D eigenvalue weighted by atomic mass is 19.4. The molecule has 5 rings (SSSR count). The van der Waals surface area contributed by atoms with Crippen LogP contribution in [0.2, 0.25) is 0 Å². The number of urea groups is 1. The molecule has 1 atom stereocenters. The number of rotatable bonds is 6. The lowest BCUT2D eigenvalue weighted by molar-refractivity contribution is -0.274. The summed E-state index contributed by atoms with van der Waals surface area (Å²) in [5.41, 5.74) is 4.13. The zero-order chi connectivity index (χ0) is 29.1. The minimum atomic E-state index is -4.79. The normalized spacial score (nSPS) is 20.5. The summed E-state index contributed by atoms with van der Waals surface area (Å²) < 4.78 is 47.2. The molecule has 1 heterocycles. The molecule has 0 saturated heterocycles. The second kappa shape index (κ2) is 11.7. The fourth-order valence-electron chi connectivity index (χ4n) is 5.64. The fraction of sp³-hybridized carbons (Fsp3) is 0.355. The van der Waals surface area contributed by atoms with Gasteiger partial charge in [0.1, 0.15) is 17.6 Å². The van der Waals surface area contributed by atoms with Crippen molar-refractivity contribution >= 4 is 23.4 Å². The molecular formula is C31H31F3N2O5. The number of carboxylic acid groups (broad SMARTS) is 1. The van der Waals surface area contributed by atoms with E-state index in [9.17, 15) is 22.8 Å². The van der Waals surface area contributed by atoms with E-state index in [1.54, 1.807) is 4.90 Å². The Labute approximate surface area is 235 Å². The smallest absolute Gasteiger partial charge is 0.487 e. The summed E-state index contributed by atoms with van der Waals surface area (Å²) in [7, 11) is 0. The number of halogens is 3. The molecule has 10 heteroatoms. The molecule has 3 aromatic carbocycles. The van der Waals surface area contributed by atoms with Gasteiger partial charge in [-0.3, -0.25) is 9.69 Å². The minimum Gasteiger partial charge on any atom is -0.487 e. The van der Waals surface area contributed by atoms with Gasteiger partial charge in [-0.25, -0.2) is 4.79 Å². The number of nitrogens with zero attached hydrogens (tertiary/aromatic N) is 1. The zero-order valence-corrected chi connectivity index (χ0v) is 22.5. The first-order valence-corrected chi connectivity index (χ1v) is 13.6.